The number of anilines is 2. The van der Waals surface area contributed by atoms with Gasteiger partial charge in [0.25, 0.3) is 0 Å². The highest BCUT2D eigenvalue weighted by molar-refractivity contribution is 6.13. The highest BCUT2D eigenvalue weighted by Gasteiger charge is 2.58. The summed E-state index contributed by atoms with van der Waals surface area (Å²) in [6, 6.07) is 8.03. The van der Waals surface area contributed by atoms with Crippen molar-refractivity contribution in [1.29, 1.82) is 0 Å². The summed E-state index contributed by atoms with van der Waals surface area (Å²) in [5.41, 5.74) is 1.19. The molecular formula is C20H27N3O2. The minimum atomic E-state index is -0.801. The highest BCUT2D eigenvalue weighted by Crippen LogP contribution is 2.48. The summed E-state index contributed by atoms with van der Waals surface area (Å²) in [4.78, 5) is 29.8. The minimum absolute atomic E-state index is 0.0402. The molecule has 5 heteroatoms. The van der Waals surface area contributed by atoms with Crippen LogP contribution in [0.4, 0.5) is 11.4 Å². The van der Waals surface area contributed by atoms with Crippen molar-refractivity contribution in [3.8, 4) is 0 Å². The van der Waals surface area contributed by atoms with Crippen molar-refractivity contribution in [3.63, 3.8) is 0 Å². The highest BCUT2D eigenvalue weighted by atomic mass is 16.2. The van der Waals surface area contributed by atoms with Gasteiger partial charge in [0.15, 0.2) is 0 Å². The third kappa shape index (κ3) is 3.24. The summed E-state index contributed by atoms with van der Waals surface area (Å²) < 4.78 is 0. The molecular weight excluding hydrogens is 314 g/mol. The van der Waals surface area contributed by atoms with Gasteiger partial charge in [0.1, 0.15) is 5.41 Å². The fourth-order valence-electron chi connectivity index (χ4n) is 4.04. The van der Waals surface area contributed by atoms with Gasteiger partial charge in [0, 0.05) is 37.6 Å². The van der Waals surface area contributed by atoms with Crippen LogP contribution >= 0.6 is 0 Å². The van der Waals surface area contributed by atoms with Gasteiger partial charge in [-0.1, -0.05) is 0 Å². The Hall–Kier alpha value is -2.04. The molecule has 5 nitrogen and oxygen atoms in total. The predicted molar refractivity (Wildman–Crippen MR) is 98.6 cm³/mol. The van der Waals surface area contributed by atoms with E-state index in [4.69, 9.17) is 0 Å². The molecule has 0 spiro atoms. The quantitative estimate of drug-likeness (QED) is 0.857. The van der Waals surface area contributed by atoms with Crippen molar-refractivity contribution in [2.45, 2.75) is 44.9 Å². The van der Waals surface area contributed by atoms with E-state index in [1.807, 2.05) is 17.0 Å². The average molecular weight is 341 g/mol. The van der Waals surface area contributed by atoms with Crippen LogP contribution in [-0.4, -0.2) is 42.9 Å². The molecule has 3 fully saturated rings. The molecule has 0 aromatic heterocycles. The molecule has 2 amide bonds. The SMILES string of the molecule is O=C(Nc1ccc(N2CCCC2)cc1)C1(C(=O)N2CCCCC2)CC1. The van der Waals surface area contributed by atoms with Crippen LogP contribution in [-0.2, 0) is 9.59 Å². The summed E-state index contributed by atoms with van der Waals surface area (Å²) >= 11 is 0. The zero-order chi connectivity index (χ0) is 17.3. The smallest absolute Gasteiger partial charge is 0.240 e. The molecule has 4 rings (SSSR count). The maximum atomic E-state index is 12.8. The molecule has 0 atom stereocenters. The van der Waals surface area contributed by atoms with E-state index in [0.29, 0.717) is 12.8 Å². The fourth-order valence-corrected chi connectivity index (χ4v) is 4.04. The van der Waals surface area contributed by atoms with Crippen LogP contribution in [0.5, 0.6) is 0 Å². The van der Waals surface area contributed by atoms with Crippen molar-refractivity contribution in [2.24, 2.45) is 5.41 Å². The Morgan fingerprint density at radius 2 is 1.44 bits per heavy atom. The number of likely N-dealkylation sites (tertiary alicyclic amines) is 1. The summed E-state index contributed by atoms with van der Waals surface area (Å²) in [5, 5.41) is 2.98. The summed E-state index contributed by atoms with van der Waals surface area (Å²) in [6.07, 6.45) is 7.16. The van der Waals surface area contributed by atoms with E-state index in [0.717, 1.165) is 44.7 Å². The molecule has 2 heterocycles. The van der Waals surface area contributed by atoms with Crippen LogP contribution in [0, 0.1) is 5.41 Å². The first-order chi connectivity index (χ1) is 12.2. The lowest BCUT2D eigenvalue weighted by Crippen LogP contribution is -2.45. The number of nitrogens with one attached hydrogen (secondary N) is 1. The largest absolute Gasteiger partial charge is 0.372 e. The third-order valence-electron chi connectivity index (χ3n) is 5.83. The van der Waals surface area contributed by atoms with E-state index in [-0.39, 0.29) is 11.8 Å². The van der Waals surface area contributed by atoms with Gasteiger partial charge in [-0.25, -0.2) is 0 Å². The number of hydrogen-bond donors (Lipinski definition) is 1. The van der Waals surface area contributed by atoms with Gasteiger partial charge in [0.05, 0.1) is 0 Å². The molecule has 1 aromatic carbocycles. The number of benzene rings is 1. The summed E-state index contributed by atoms with van der Waals surface area (Å²) in [5.74, 6) is -0.0876. The molecule has 2 saturated heterocycles. The molecule has 2 aliphatic heterocycles. The molecule has 1 aliphatic carbocycles. The molecule has 0 radical (unpaired) electrons. The molecule has 3 aliphatic rings. The standard InChI is InChI=1S/C20H27N3O2/c24-18(20(10-11-20)19(25)23-14-2-1-3-15-23)21-16-6-8-17(9-7-16)22-12-4-5-13-22/h6-9H,1-5,10-15H2,(H,21,24). The minimum Gasteiger partial charge on any atom is -0.372 e. The number of carbonyl (C=O) groups is 2. The van der Waals surface area contributed by atoms with Crippen molar-refractivity contribution in [3.05, 3.63) is 24.3 Å². The molecule has 25 heavy (non-hydrogen) atoms. The second-order valence-corrected chi connectivity index (χ2v) is 7.63. The topological polar surface area (TPSA) is 52.7 Å². The van der Waals surface area contributed by atoms with Gasteiger partial charge in [-0.15, -0.1) is 0 Å². The molecule has 1 aromatic rings. The van der Waals surface area contributed by atoms with Gasteiger partial charge in [-0.05, 0) is 69.2 Å². The van der Waals surface area contributed by atoms with Crippen molar-refractivity contribution in [1.82, 2.24) is 4.90 Å². The average Bonchev–Trinajstić information content (AvgIpc) is 3.29. The molecule has 1 saturated carbocycles. The van der Waals surface area contributed by atoms with Crippen molar-refractivity contribution in [2.75, 3.05) is 36.4 Å². The third-order valence-corrected chi connectivity index (χ3v) is 5.83. The Morgan fingerprint density at radius 3 is 2.04 bits per heavy atom. The van der Waals surface area contributed by atoms with E-state index in [1.54, 1.807) is 0 Å². The van der Waals surface area contributed by atoms with Crippen LogP contribution in [0.25, 0.3) is 0 Å². The molecule has 1 N–H and O–H groups in total. The van der Waals surface area contributed by atoms with Crippen LogP contribution in [0.15, 0.2) is 24.3 Å². The van der Waals surface area contributed by atoms with E-state index in [2.05, 4.69) is 22.3 Å². The normalized spacial score (nSPS) is 21.9. The van der Waals surface area contributed by atoms with Gasteiger partial charge in [0.2, 0.25) is 11.8 Å². The Balaban J connectivity index is 1.40. The summed E-state index contributed by atoms with van der Waals surface area (Å²) in [6.45, 7) is 3.83. The lowest BCUT2D eigenvalue weighted by Gasteiger charge is -2.30. The number of nitrogens with zero attached hydrogens (tertiary/aromatic N) is 2. The Morgan fingerprint density at radius 1 is 0.840 bits per heavy atom. The molecule has 0 unspecified atom stereocenters. The van der Waals surface area contributed by atoms with Gasteiger partial charge < -0.3 is 15.1 Å². The molecule has 134 valence electrons. The van der Waals surface area contributed by atoms with Crippen LogP contribution in [0.2, 0.25) is 0 Å². The van der Waals surface area contributed by atoms with Crippen LogP contribution in [0.1, 0.15) is 44.9 Å². The maximum Gasteiger partial charge on any atom is 0.240 e. The number of carbonyl (C=O) groups excluding carboxylic acids is 2. The maximum absolute atomic E-state index is 12.8. The monoisotopic (exact) mass is 341 g/mol. The molecule has 0 bridgehead atoms. The first-order valence-electron chi connectivity index (χ1n) is 9.65. The van der Waals surface area contributed by atoms with E-state index in [1.165, 1.54) is 24.9 Å². The number of hydrogen-bond acceptors (Lipinski definition) is 3. The van der Waals surface area contributed by atoms with Crippen LogP contribution < -0.4 is 10.2 Å². The number of rotatable bonds is 4. The van der Waals surface area contributed by atoms with Crippen LogP contribution in [0.3, 0.4) is 0 Å². The van der Waals surface area contributed by atoms with Crippen molar-refractivity contribution >= 4 is 23.2 Å². The van der Waals surface area contributed by atoms with E-state index < -0.39 is 5.41 Å². The Labute approximate surface area is 149 Å². The van der Waals surface area contributed by atoms with Gasteiger partial charge in [-0.2, -0.15) is 0 Å². The van der Waals surface area contributed by atoms with E-state index >= 15 is 0 Å². The number of amides is 2. The lowest BCUT2D eigenvalue weighted by molar-refractivity contribution is -0.143. The fraction of sp³-hybridized carbons (Fsp3) is 0.600. The zero-order valence-electron chi connectivity index (χ0n) is 14.8. The van der Waals surface area contributed by atoms with Crippen molar-refractivity contribution < 1.29 is 9.59 Å². The Bertz CT molecular complexity index is 639. The first-order valence-corrected chi connectivity index (χ1v) is 9.65. The van der Waals surface area contributed by atoms with E-state index in [9.17, 15) is 9.59 Å². The Kier molecular flexibility index (Phi) is 4.40. The second kappa shape index (κ2) is 6.70. The second-order valence-electron chi connectivity index (χ2n) is 7.63. The first kappa shape index (κ1) is 16.4. The zero-order valence-corrected chi connectivity index (χ0v) is 14.8. The summed E-state index contributed by atoms with van der Waals surface area (Å²) in [7, 11) is 0. The van der Waals surface area contributed by atoms with Gasteiger partial charge in [-0.3, -0.25) is 9.59 Å². The van der Waals surface area contributed by atoms with Gasteiger partial charge >= 0.3 is 0 Å². The number of piperidine rings is 1. The lowest BCUT2D eigenvalue weighted by atomic mass is 10.0. The predicted octanol–water partition coefficient (Wildman–Crippen LogP) is 3.02.